The number of thiazole rings is 1. The first-order valence-corrected chi connectivity index (χ1v) is 5.74. The van der Waals surface area contributed by atoms with E-state index in [2.05, 4.69) is 39.5 Å². The van der Waals surface area contributed by atoms with E-state index >= 15 is 0 Å². The quantitative estimate of drug-likeness (QED) is 0.769. The van der Waals surface area contributed by atoms with Crippen LogP contribution >= 0.6 is 11.3 Å². The minimum absolute atomic E-state index is 1.07. The Morgan fingerprint density at radius 3 is 2.67 bits per heavy atom. The Labute approximate surface area is 94.2 Å². The van der Waals surface area contributed by atoms with Gasteiger partial charge in [-0.25, -0.2) is 4.98 Å². The third-order valence-electron chi connectivity index (χ3n) is 2.28. The Morgan fingerprint density at radius 1 is 1.27 bits per heavy atom. The fourth-order valence-electron chi connectivity index (χ4n) is 1.44. The number of hydrogen-bond donors (Lipinski definition) is 0. The van der Waals surface area contributed by atoms with E-state index in [-0.39, 0.29) is 0 Å². The molecule has 2 rings (SSSR count). The van der Waals surface area contributed by atoms with E-state index in [0.717, 1.165) is 10.7 Å². The smallest absolute Gasteiger partial charge is 0.0901 e. The zero-order valence-electron chi connectivity index (χ0n) is 9.19. The summed E-state index contributed by atoms with van der Waals surface area (Å²) in [7, 11) is 4.09. The molecule has 2 aromatic rings. The van der Waals surface area contributed by atoms with Gasteiger partial charge in [0.05, 0.1) is 10.7 Å². The molecule has 0 radical (unpaired) electrons. The summed E-state index contributed by atoms with van der Waals surface area (Å²) in [5, 5.41) is 3.21. The van der Waals surface area contributed by atoms with Gasteiger partial charge in [-0.15, -0.1) is 11.3 Å². The van der Waals surface area contributed by atoms with Gasteiger partial charge in [0.25, 0.3) is 0 Å². The van der Waals surface area contributed by atoms with Crippen molar-refractivity contribution in [1.29, 1.82) is 0 Å². The number of aryl methyl sites for hydroxylation is 1. The van der Waals surface area contributed by atoms with E-state index in [1.165, 1.54) is 11.3 Å². The van der Waals surface area contributed by atoms with Gasteiger partial charge in [-0.05, 0) is 19.1 Å². The molecule has 3 heteroatoms. The molecule has 1 aromatic heterocycles. The molecule has 1 aromatic carbocycles. The van der Waals surface area contributed by atoms with Crippen molar-refractivity contribution in [3.8, 4) is 11.3 Å². The van der Waals surface area contributed by atoms with Crippen molar-refractivity contribution >= 4 is 17.0 Å². The van der Waals surface area contributed by atoms with Crippen LogP contribution in [0.15, 0.2) is 29.6 Å². The molecule has 0 aliphatic heterocycles. The third kappa shape index (κ3) is 2.18. The summed E-state index contributed by atoms with van der Waals surface area (Å²) in [6.07, 6.45) is 0. The highest BCUT2D eigenvalue weighted by Gasteiger charge is 2.03. The Morgan fingerprint density at radius 2 is 2.07 bits per heavy atom. The number of hydrogen-bond acceptors (Lipinski definition) is 3. The van der Waals surface area contributed by atoms with Gasteiger partial charge >= 0.3 is 0 Å². The molecule has 0 bridgehead atoms. The highest BCUT2D eigenvalue weighted by Crippen LogP contribution is 2.24. The molecule has 0 saturated carbocycles. The van der Waals surface area contributed by atoms with E-state index in [4.69, 9.17) is 0 Å². The van der Waals surface area contributed by atoms with Crippen LogP contribution in [-0.2, 0) is 0 Å². The van der Waals surface area contributed by atoms with Crippen molar-refractivity contribution in [3.63, 3.8) is 0 Å². The highest BCUT2D eigenvalue weighted by atomic mass is 32.1. The zero-order valence-corrected chi connectivity index (χ0v) is 10.0. The van der Waals surface area contributed by atoms with Crippen LogP contribution in [0.3, 0.4) is 0 Å². The van der Waals surface area contributed by atoms with E-state index in [9.17, 15) is 0 Å². The lowest BCUT2D eigenvalue weighted by Gasteiger charge is -2.12. The number of aromatic nitrogens is 1. The van der Waals surface area contributed by atoms with Crippen LogP contribution in [0.25, 0.3) is 11.3 Å². The lowest BCUT2D eigenvalue weighted by Crippen LogP contribution is -2.08. The molecule has 78 valence electrons. The Hall–Kier alpha value is -1.35. The van der Waals surface area contributed by atoms with Crippen LogP contribution in [-0.4, -0.2) is 19.1 Å². The molecular formula is C12H14N2S. The van der Waals surface area contributed by atoms with Gasteiger partial charge in [0.2, 0.25) is 0 Å². The van der Waals surface area contributed by atoms with Crippen LogP contribution in [0.4, 0.5) is 5.69 Å². The average molecular weight is 218 g/mol. The van der Waals surface area contributed by atoms with Gasteiger partial charge in [0, 0.05) is 30.7 Å². The van der Waals surface area contributed by atoms with Crippen LogP contribution in [0.5, 0.6) is 0 Å². The second-order valence-electron chi connectivity index (χ2n) is 3.70. The Kier molecular flexibility index (Phi) is 2.73. The number of benzene rings is 1. The first-order valence-electron chi connectivity index (χ1n) is 4.87. The first-order chi connectivity index (χ1) is 7.16. The van der Waals surface area contributed by atoms with Crippen LogP contribution in [0.2, 0.25) is 0 Å². The van der Waals surface area contributed by atoms with Crippen LogP contribution in [0.1, 0.15) is 5.01 Å². The molecule has 0 spiro atoms. The molecule has 15 heavy (non-hydrogen) atoms. The van der Waals surface area contributed by atoms with Gasteiger partial charge in [0.15, 0.2) is 0 Å². The van der Waals surface area contributed by atoms with Crippen molar-refractivity contribution in [1.82, 2.24) is 4.98 Å². The van der Waals surface area contributed by atoms with Crippen molar-refractivity contribution in [2.75, 3.05) is 19.0 Å². The summed E-state index contributed by atoms with van der Waals surface area (Å²) in [6, 6.07) is 8.43. The number of rotatable bonds is 2. The fraction of sp³-hybridized carbons (Fsp3) is 0.250. The van der Waals surface area contributed by atoms with E-state index in [0.29, 0.717) is 0 Å². The predicted octanol–water partition coefficient (Wildman–Crippen LogP) is 3.18. The van der Waals surface area contributed by atoms with Gasteiger partial charge in [-0.3, -0.25) is 0 Å². The first kappa shape index (κ1) is 10.2. The topological polar surface area (TPSA) is 16.1 Å². The standard InChI is InChI=1S/C12H14N2S/c1-9-13-12(8-15-9)10-5-4-6-11(7-10)14(2)3/h4-8H,1-3H3. The zero-order chi connectivity index (χ0) is 10.8. The van der Waals surface area contributed by atoms with Crippen molar-refractivity contribution in [3.05, 3.63) is 34.7 Å². The van der Waals surface area contributed by atoms with E-state index in [1.54, 1.807) is 11.3 Å². The molecule has 0 unspecified atom stereocenters. The van der Waals surface area contributed by atoms with Crippen LogP contribution in [0, 0.1) is 6.92 Å². The lowest BCUT2D eigenvalue weighted by atomic mass is 10.1. The van der Waals surface area contributed by atoms with E-state index < -0.39 is 0 Å². The molecule has 0 N–H and O–H groups in total. The largest absolute Gasteiger partial charge is 0.378 e. The molecule has 0 fully saturated rings. The second kappa shape index (κ2) is 4.03. The predicted molar refractivity (Wildman–Crippen MR) is 66.6 cm³/mol. The van der Waals surface area contributed by atoms with Crippen molar-refractivity contribution in [2.45, 2.75) is 6.92 Å². The van der Waals surface area contributed by atoms with Gasteiger partial charge < -0.3 is 4.90 Å². The molecule has 1 heterocycles. The highest BCUT2D eigenvalue weighted by molar-refractivity contribution is 7.09. The summed E-state index contributed by atoms with van der Waals surface area (Å²) < 4.78 is 0. The molecule has 0 aliphatic carbocycles. The summed E-state index contributed by atoms with van der Waals surface area (Å²) in [5.74, 6) is 0. The fourth-order valence-corrected chi connectivity index (χ4v) is 2.06. The molecule has 2 nitrogen and oxygen atoms in total. The second-order valence-corrected chi connectivity index (χ2v) is 4.76. The number of anilines is 1. The molecular weight excluding hydrogens is 204 g/mol. The molecule has 0 amide bonds. The maximum absolute atomic E-state index is 4.48. The summed E-state index contributed by atoms with van der Waals surface area (Å²) in [4.78, 5) is 6.58. The normalized spacial score (nSPS) is 10.3. The minimum atomic E-state index is 1.07. The maximum atomic E-state index is 4.48. The molecule has 0 atom stereocenters. The Bertz CT molecular complexity index is 460. The monoisotopic (exact) mass is 218 g/mol. The van der Waals surface area contributed by atoms with Gasteiger partial charge in [0.1, 0.15) is 0 Å². The lowest BCUT2D eigenvalue weighted by molar-refractivity contribution is 1.13. The van der Waals surface area contributed by atoms with Crippen molar-refractivity contribution in [2.24, 2.45) is 0 Å². The number of nitrogens with zero attached hydrogens (tertiary/aromatic N) is 2. The maximum Gasteiger partial charge on any atom is 0.0901 e. The summed E-state index contributed by atoms with van der Waals surface area (Å²) in [5.41, 5.74) is 3.46. The van der Waals surface area contributed by atoms with Gasteiger partial charge in [-0.1, -0.05) is 12.1 Å². The van der Waals surface area contributed by atoms with Gasteiger partial charge in [-0.2, -0.15) is 0 Å². The SMILES string of the molecule is Cc1nc(-c2cccc(N(C)C)c2)cs1. The summed E-state index contributed by atoms with van der Waals surface area (Å²) >= 11 is 1.69. The van der Waals surface area contributed by atoms with Crippen LogP contribution < -0.4 is 4.90 Å². The minimum Gasteiger partial charge on any atom is -0.378 e. The van der Waals surface area contributed by atoms with E-state index in [1.807, 2.05) is 21.0 Å². The van der Waals surface area contributed by atoms with Crippen molar-refractivity contribution < 1.29 is 0 Å². The summed E-state index contributed by atoms with van der Waals surface area (Å²) in [6.45, 7) is 2.03. The average Bonchev–Trinajstić information content (AvgIpc) is 2.65. The third-order valence-corrected chi connectivity index (χ3v) is 3.05. The Balaban J connectivity index is 2.41. The molecule has 0 saturated heterocycles. The molecule has 0 aliphatic rings.